The maximum atomic E-state index is 12.6. The van der Waals surface area contributed by atoms with Gasteiger partial charge in [-0.2, -0.15) is 5.26 Å². The number of nitriles is 1. The van der Waals surface area contributed by atoms with Crippen molar-refractivity contribution >= 4 is 27.9 Å². The SMILES string of the molecule is C=CCOC(=O)C1=C(N)Oc2ccc(Br)cc2[C@@H]1[C@H](C#N)C(=O)OCC=C. The van der Waals surface area contributed by atoms with Gasteiger partial charge < -0.3 is 19.9 Å². The fourth-order valence-electron chi connectivity index (χ4n) is 2.62. The number of fused-ring (bicyclic) bond motifs is 1. The normalized spacial score (nSPS) is 16.2. The molecular formula is C19H17BrN2O5. The van der Waals surface area contributed by atoms with E-state index < -0.39 is 23.8 Å². The van der Waals surface area contributed by atoms with Gasteiger partial charge in [-0.05, 0) is 18.2 Å². The topological polar surface area (TPSA) is 112 Å². The van der Waals surface area contributed by atoms with Crippen molar-refractivity contribution in [3.05, 3.63) is 65.0 Å². The van der Waals surface area contributed by atoms with Gasteiger partial charge in [0.15, 0.2) is 5.92 Å². The van der Waals surface area contributed by atoms with Crippen molar-refractivity contribution in [1.82, 2.24) is 0 Å². The zero-order valence-electron chi connectivity index (χ0n) is 14.3. The minimum Gasteiger partial charge on any atom is -0.460 e. The summed E-state index contributed by atoms with van der Waals surface area (Å²) in [6, 6.07) is 6.89. The Bertz CT molecular complexity index is 856. The van der Waals surface area contributed by atoms with Crippen molar-refractivity contribution in [2.75, 3.05) is 13.2 Å². The van der Waals surface area contributed by atoms with Crippen LogP contribution in [-0.4, -0.2) is 25.2 Å². The van der Waals surface area contributed by atoms with Crippen LogP contribution in [0.15, 0.2) is 59.4 Å². The lowest BCUT2D eigenvalue weighted by molar-refractivity contribution is -0.146. The number of ether oxygens (including phenoxy) is 3. The van der Waals surface area contributed by atoms with Gasteiger partial charge in [0.05, 0.1) is 12.0 Å². The van der Waals surface area contributed by atoms with Crippen LogP contribution in [0.4, 0.5) is 0 Å². The summed E-state index contributed by atoms with van der Waals surface area (Å²) in [5.41, 5.74) is 6.24. The summed E-state index contributed by atoms with van der Waals surface area (Å²) < 4.78 is 16.3. The molecule has 2 N–H and O–H groups in total. The van der Waals surface area contributed by atoms with Crippen molar-refractivity contribution < 1.29 is 23.8 Å². The number of nitrogens with zero attached hydrogens (tertiary/aromatic N) is 1. The van der Waals surface area contributed by atoms with Gasteiger partial charge in [-0.25, -0.2) is 4.79 Å². The molecule has 8 heteroatoms. The van der Waals surface area contributed by atoms with Crippen LogP contribution in [0.2, 0.25) is 0 Å². The smallest absolute Gasteiger partial charge is 0.340 e. The number of carbonyl (C=O) groups is 2. The van der Waals surface area contributed by atoms with Gasteiger partial charge in [0.25, 0.3) is 0 Å². The van der Waals surface area contributed by atoms with E-state index in [0.717, 1.165) is 0 Å². The minimum absolute atomic E-state index is 0.0637. The van der Waals surface area contributed by atoms with Gasteiger partial charge in [0.1, 0.15) is 24.5 Å². The predicted octanol–water partition coefficient (Wildman–Crippen LogP) is 2.69. The van der Waals surface area contributed by atoms with Crippen molar-refractivity contribution in [1.29, 1.82) is 5.26 Å². The first kappa shape index (κ1) is 20.3. The number of esters is 2. The summed E-state index contributed by atoms with van der Waals surface area (Å²) in [4.78, 5) is 25.0. The molecule has 2 atom stereocenters. The van der Waals surface area contributed by atoms with Crippen LogP contribution < -0.4 is 10.5 Å². The highest BCUT2D eigenvalue weighted by Crippen LogP contribution is 2.44. The molecule has 0 saturated carbocycles. The second kappa shape index (κ2) is 9.05. The van der Waals surface area contributed by atoms with Crippen LogP contribution >= 0.6 is 15.9 Å². The first-order chi connectivity index (χ1) is 12.9. The van der Waals surface area contributed by atoms with Crippen LogP contribution in [0.25, 0.3) is 0 Å². The number of hydrogen-bond acceptors (Lipinski definition) is 7. The Morgan fingerprint density at radius 2 is 2.00 bits per heavy atom. The Morgan fingerprint density at radius 3 is 2.63 bits per heavy atom. The Kier molecular flexibility index (Phi) is 6.79. The van der Waals surface area contributed by atoms with E-state index >= 15 is 0 Å². The quantitative estimate of drug-likeness (QED) is 0.520. The molecule has 1 aliphatic rings. The van der Waals surface area contributed by atoms with Crippen molar-refractivity contribution in [2.24, 2.45) is 11.7 Å². The molecule has 2 rings (SSSR count). The molecule has 0 aromatic heterocycles. The number of rotatable bonds is 7. The average Bonchev–Trinajstić information content (AvgIpc) is 2.65. The third-order valence-corrected chi connectivity index (χ3v) is 4.22. The number of nitrogens with two attached hydrogens (primary N) is 1. The van der Waals surface area contributed by atoms with E-state index in [0.29, 0.717) is 15.8 Å². The summed E-state index contributed by atoms with van der Waals surface area (Å²) >= 11 is 3.34. The molecule has 1 aliphatic heterocycles. The van der Waals surface area contributed by atoms with E-state index in [-0.39, 0.29) is 24.7 Å². The van der Waals surface area contributed by atoms with Crippen LogP contribution in [0.1, 0.15) is 11.5 Å². The third-order valence-electron chi connectivity index (χ3n) is 3.73. The molecule has 1 heterocycles. The first-order valence-corrected chi connectivity index (χ1v) is 8.66. The number of carbonyl (C=O) groups excluding carboxylic acids is 2. The summed E-state index contributed by atoms with van der Waals surface area (Å²) in [7, 11) is 0. The molecule has 27 heavy (non-hydrogen) atoms. The van der Waals surface area contributed by atoms with E-state index in [1.54, 1.807) is 18.2 Å². The van der Waals surface area contributed by atoms with E-state index in [1.807, 2.05) is 6.07 Å². The fourth-order valence-corrected chi connectivity index (χ4v) is 3.00. The van der Waals surface area contributed by atoms with Gasteiger partial charge in [-0.1, -0.05) is 41.2 Å². The Morgan fingerprint density at radius 1 is 1.33 bits per heavy atom. The largest absolute Gasteiger partial charge is 0.460 e. The number of hydrogen-bond donors (Lipinski definition) is 1. The van der Waals surface area contributed by atoms with E-state index in [2.05, 4.69) is 29.1 Å². The highest BCUT2D eigenvalue weighted by Gasteiger charge is 2.43. The van der Waals surface area contributed by atoms with Gasteiger partial charge in [0, 0.05) is 10.0 Å². The highest BCUT2D eigenvalue weighted by molar-refractivity contribution is 9.10. The Hall–Kier alpha value is -3.05. The molecule has 0 saturated heterocycles. The van der Waals surface area contributed by atoms with E-state index in [4.69, 9.17) is 19.9 Å². The second-order valence-corrected chi connectivity index (χ2v) is 6.37. The first-order valence-electron chi connectivity index (χ1n) is 7.86. The summed E-state index contributed by atoms with van der Waals surface area (Å²) in [5.74, 6) is -3.88. The number of benzene rings is 1. The van der Waals surface area contributed by atoms with E-state index in [9.17, 15) is 14.9 Å². The molecule has 140 valence electrons. The minimum atomic E-state index is -1.34. The summed E-state index contributed by atoms with van der Waals surface area (Å²) in [6.07, 6.45) is 2.77. The van der Waals surface area contributed by atoms with E-state index in [1.165, 1.54) is 12.2 Å². The summed E-state index contributed by atoms with van der Waals surface area (Å²) in [6.45, 7) is 6.81. The molecule has 0 bridgehead atoms. The summed E-state index contributed by atoms with van der Waals surface area (Å²) in [5, 5.41) is 9.64. The zero-order chi connectivity index (χ0) is 20.0. The average molecular weight is 433 g/mol. The zero-order valence-corrected chi connectivity index (χ0v) is 15.9. The molecule has 0 fully saturated rings. The third kappa shape index (κ3) is 4.38. The monoisotopic (exact) mass is 432 g/mol. The molecule has 0 radical (unpaired) electrons. The molecule has 1 aromatic carbocycles. The molecule has 0 aliphatic carbocycles. The predicted molar refractivity (Wildman–Crippen MR) is 100 cm³/mol. The fraction of sp³-hybridized carbons (Fsp3) is 0.211. The molecule has 1 aromatic rings. The molecular weight excluding hydrogens is 416 g/mol. The van der Waals surface area contributed by atoms with Crippen LogP contribution in [0, 0.1) is 17.2 Å². The maximum Gasteiger partial charge on any atom is 0.340 e. The molecule has 0 unspecified atom stereocenters. The van der Waals surface area contributed by atoms with Crippen LogP contribution in [0.3, 0.4) is 0 Å². The van der Waals surface area contributed by atoms with Crippen molar-refractivity contribution in [3.63, 3.8) is 0 Å². The maximum absolute atomic E-state index is 12.6. The van der Waals surface area contributed by atoms with Gasteiger partial charge in [-0.15, -0.1) is 0 Å². The number of halogens is 1. The standard InChI is InChI=1S/C19H17BrN2O5/c1-3-7-25-18(23)13(10-21)15-12-9-11(20)5-6-14(12)27-17(22)16(15)19(24)26-8-4-2/h3-6,9,13,15H,1-2,7-8,22H2/t13-,15+/m0/s1. The lowest BCUT2D eigenvalue weighted by Crippen LogP contribution is -2.34. The molecule has 0 amide bonds. The molecule has 0 spiro atoms. The van der Waals surface area contributed by atoms with Crippen LogP contribution in [0.5, 0.6) is 5.75 Å². The highest BCUT2D eigenvalue weighted by atomic mass is 79.9. The van der Waals surface area contributed by atoms with Gasteiger partial charge >= 0.3 is 11.9 Å². The van der Waals surface area contributed by atoms with Crippen molar-refractivity contribution in [2.45, 2.75) is 5.92 Å². The molecule has 7 nitrogen and oxygen atoms in total. The van der Waals surface area contributed by atoms with Crippen LogP contribution in [-0.2, 0) is 19.1 Å². The second-order valence-electron chi connectivity index (χ2n) is 5.45. The Labute approximate surface area is 164 Å². The van der Waals surface area contributed by atoms with Gasteiger partial charge in [-0.3, -0.25) is 4.79 Å². The Balaban J connectivity index is 2.57. The lowest BCUT2D eigenvalue weighted by Gasteiger charge is -2.30. The van der Waals surface area contributed by atoms with Gasteiger partial charge in [0.2, 0.25) is 5.88 Å². The lowest BCUT2D eigenvalue weighted by atomic mass is 9.79. The van der Waals surface area contributed by atoms with Crippen molar-refractivity contribution in [3.8, 4) is 11.8 Å².